The van der Waals surface area contributed by atoms with Crippen molar-refractivity contribution in [2.45, 2.75) is 58.2 Å². The first-order valence-electron chi connectivity index (χ1n) is 27.3. The van der Waals surface area contributed by atoms with E-state index in [2.05, 4.69) is 46.9 Å². The van der Waals surface area contributed by atoms with Crippen molar-refractivity contribution in [2.24, 2.45) is 11.7 Å². The number of alkyl carbamates (subject to hydrolysis) is 1. The van der Waals surface area contributed by atoms with Gasteiger partial charge in [0.1, 0.15) is 36.8 Å². The zero-order chi connectivity index (χ0) is 60.2. The standard InChI is InChI=1S/C56H73N13O15/c1-36(2)49(67-46(70)16-23-78-26-28-80-30-31-81-29-27-79-24-21-69-47(71)13-14-48(69)72)53(74)65-41(6-4-17-60-55(58)76)52(73)63-38-9-7-37(8-10-38)35-84-56(77)61-18-5-22-82-39-11-12-40-42-34-62-51(57)50(64-42)54(75)66-43-33-59-19-15-44(43)68(3)20-25-83-45(40)32-39/h7-15,19,32-34,36,41,49H,4-6,16-18,20-31,35H2,1-3H3,(H2,57,62)(H,61,77)(H,63,73)(H,65,74)(H,66,75)(H,67,70)(H3,58,60,76)/t41-,49-/m0/s1. The van der Waals surface area contributed by atoms with Crippen molar-refractivity contribution in [3.05, 3.63) is 90.5 Å². The Morgan fingerprint density at radius 3 is 2.19 bits per heavy atom. The summed E-state index contributed by atoms with van der Waals surface area (Å²) in [4.78, 5) is 116. The maximum Gasteiger partial charge on any atom is 0.407 e. The Morgan fingerprint density at radius 1 is 0.798 bits per heavy atom. The number of likely N-dealkylation sites (N-methyl/N-ethyl adjacent to an activating group) is 1. The minimum atomic E-state index is -1.07. The third-order valence-electron chi connectivity index (χ3n) is 12.7. The lowest BCUT2D eigenvalue weighted by atomic mass is 10.0. The van der Waals surface area contributed by atoms with Crippen LogP contribution in [0.15, 0.2) is 79.3 Å². The molecule has 0 radical (unpaired) electrons. The van der Waals surface area contributed by atoms with Crippen LogP contribution in [0.2, 0.25) is 0 Å². The topological polar surface area (TPSA) is 371 Å². The Bertz CT molecular complexity index is 2890. The van der Waals surface area contributed by atoms with Gasteiger partial charge in [0.25, 0.3) is 17.7 Å². The highest BCUT2D eigenvalue weighted by atomic mass is 16.6. The molecule has 4 aromatic rings. The van der Waals surface area contributed by atoms with Crippen LogP contribution in [0.4, 0.5) is 32.5 Å². The number of carbonyl (C=O) groups is 8. The predicted molar refractivity (Wildman–Crippen MR) is 305 cm³/mol. The molecule has 452 valence electrons. The van der Waals surface area contributed by atoms with Gasteiger partial charge in [0.2, 0.25) is 17.7 Å². The third-order valence-corrected chi connectivity index (χ3v) is 12.7. The van der Waals surface area contributed by atoms with Gasteiger partial charge < -0.3 is 81.4 Å². The van der Waals surface area contributed by atoms with Gasteiger partial charge in [-0.1, -0.05) is 26.0 Å². The molecule has 2 aromatic carbocycles. The van der Waals surface area contributed by atoms with Crippen LogP contribution in [0.1, 0.15) is 55.6 Å². The van der Waals surface area contributed by atoms with Crippen LogP contribution in [-0.4, -0.2) is 179 Å². The molecule has 6 rings (SSSR count). The number of aromatic nitrogens is 3. The molecular weight excluding hydrogens is 1090 g/mol. The summed E-state index contributed by atoms with van der Waals surface area (Å²) < 4.78 is 39.5. The van der Waals surface area contributed by atoms with Crippen molar-refractivity contribution in [3.8, 4) is 22.8 Å². The number of urea groups is 1. The number of pyridine rings is 1. The van der Waals surface area contributed by atoms with Crippen LogP contribution in [0, 0.1) is 5.92 Å². The van der Waals surface area contributed by atoms with Gasteiger partial charge in [0, 0.05) is 62.2 Å². The zero-order valence-corrected chi connectivity index (χ0v) is 47.2. The number of nitrogens with one attached hydrogen (secondary N) is 6. The van der Waals surface area contributed by atoms with Crippen LogP contribution in [0.25, 0.3) is 11.3 Å². The van der Waals surface area contributed by atoms with Crippen LogP contribution >= 0.6 is 0 Å². The molecule has 0 unspecified atom stereocenters. The van der Waals surface area contributed by atoms with Crippen molar-refractivity contribution < 1.29 is 71.5 Å². The second-order valence-corrected chi connectivity index (χ2v) is 19.3. The fourth-order valence-corrected chi connectivity index (χ4v) is 8.16. The molecule has 2 bridgehead atoms. The van der Waals surface area contributed by atoms with E-state index in [1.165, 1.54) is 18.3 Å². The summed E-state index contributed by atoms with van der Waals surface area (Å²) in [6.07, 6.45) is 7.20. The van der Waals surface area contributed by atoms with E-state index < -0.39 is 47.8 Å². The number of hydrogen-bond donors (Lipinski definition) is 8. The highest BCUT2D eigenvalue weighted by Gasteiger charge is 2.29. The Morgan fingerprint density at radius 2 is 1.49 bits per heavy atom. The Kier molecular flexibility index (Phi) is 25.8. The number of amides is 9. The zero-order valence-electron chi connectivity index (χ0n) is 47.2. The van der Waals surface area contributed by atoms with Gasteiger partial charge in [-0.15, -0.1) is 0 Å². The van der Waals surface area contributed by atoms with Gasteiger partial charge >= 0.3 is 12.1 Å². The van der Waals surface area contributed by atoms with Crippen LogP contribution in [0.5, 0.6) is 11.5 Å². The third kappa shape index (κ3) is 21.1. The summed E-state index contributed by atoms with van der Waals surface area (Å²) in [5.74, 6) is -2.30. The Hall–Kier alpha value is -8.99. The van der Waals surface area contributed by atoms with E-state index in [0.717, 1.165) is 4.90 Å². The summed E-state index contributed by atoms with van der Waals surface area (Å²) in [6, 6.07) is 10.7. The fraction of sp³-hybridized carbons (Fsp3) is 0.446. The van der Waals surface area contributed by atoms with Gasteiger partial charge in [-0.25, -0.2) is 19.6 Å². The van der Waals surface area contributed by atoms with E-state index in [4.69, 9.17) is 44.6 Å². The highest BCUT2D eigenvalue weighted by molar-refractivity contribution is 6.13. The molecule has 0 saturated heterocycles. The highest BCUT2D eigenvalue weighted by Crippen LogP contribution is 2.34. The minimum Gasteiger partial charge on any atom is -0.493 e. The number of hydrogen-bond acceptors (Lipinski definition) is 20. The Balaban J connectivity index is 0.876. The van der Waals surface area contributed by atoms with E-state index >= 15 is 0 Å². The molecule has 2 aromatic heterocycles. The SMILES string of the molecule is CC(C)[C@H](NC(=O)CCOCCOCCOCCOCCN1C(=O)C=CC1=O)C(=O)N[C@@H](CCCNC(N)=O)C(=O)Nc1ccc(COC(=O)NCCCOc2ccc3c(c2)OCCN(C)c2ccncc2NC(=O)c2nc-3cnc2N)cc1. The number of rotatable bonds is 32. The van der Waals surface area contributed by atoms with Gasteiger partial charge in [-0.05, 0) is 61.1 Å². The molecule has 10 N–H and O–H groups in total. The maximum absolute atomic E-state index is 13.6. The molecule has 28 heteroatoms. The van der Waals surface area contributed by atoms with Gasteiger partial charge in [0.05, 0.1) is 102 Å². The number of benzene rings is 2. The normalized spacial score (nSPS) is 13.6. The largest absolute Gasteiger partial charge is 0.493 e. The second-order valence-electron chi connectivity index (χ2n) is 19.3. The second kappa shape index (κ2) is 33.8. The van der Waals surface area contributed by atoms with Gasteiger partial charge in [-0.2, -0.15) is 0 Å². The molecule has 2 aliphatic rings. The molecule has 84 heavy (non-hydrogen) atoms. The van der Waals surface area contributed by atoms with E-state index in [9.17, 15) is 38.4 Å². The summed E-state index contributed by atoms with van der Waals surface area (Å²) in [5, 5.41) is 16.3. The van der Waals surface area contributed by atoms with Crippen molar-refractivity contribution in [3.63, 3.8) is 0 Å². The average Bonchev–Trinajstić information content (AvgIpc) is 3.65. The molecule has 0 fully saturated rings. The summed E-state index contributed by atoms with van der Waals surface area (Å²) in [5.41, 5.74) is 14.4. The Labute approximate surface area is 485 Å². The van der Waals surface area contributed by atoms with Crippen molar-refractivity contribution in [1.82, 2.24) is 41.1 Å². The van der Waals surface area contributed by atoms with E-state index in [1.54, 1.807) is 74.8 Å². The number of nitrogens with zero attached hydrogens (tertiary/aromatic N) is 5. The summed E-state index contributed by atoms with van der Waals surface area (Å²) in [6.45, 7) is 6.89. The number of nitrogens with two attached hydrogens (primary N) is 2. The van der Waals surface area contributed by atoms with E-state index in [0.29, 0.717) is 78.2 Å². The number of fused-ring (bicyclic) bond motifs is 5. The smallest absolute Gasteiger partial charge is 0.407 e. The number of primary amides is 1. The molecule has 0 spiro atoms. The molecule has 0 aliphatic carbocycles. The molecular formula is C56H73N13O15. The van der Waals surface area contributed by atoms with Crippen molar-refractivity contribution in [2.75, 3.05) is 121 Å². The maximum atomic E-state index is 13.6. The molecule has 0 saturated carbocycles. The van der Waals surface area contributed by atoms with E-state index in [1.807, 2.05) is 11.9 Å². The first-order chi connectivity index (χ1) is 40.6. The van der Waals surface area contributed by atoms with Crippen LogP contribution < -0.4 is 57.7 Å². The minimum absolute atomic E-state index is 0.0409. The number of anilines is 4. The predicted octanol–water partition coefficient (Wildman–Crippen LogP) is 2.29. The first kappa shape index (κ1) is 64.2. The number of imide groups is 1. The fourth-order valence-electron chi connectivity index (χ4n) is 8.16. The van der Waals surface area contributed by atoms with Crippen molar-refractivity contribution >= 4 is 70.4 Å². The molecule has 4 heterocycles. The summed E-state index contributed by atoms with van der Waals surface area (Å²) >= 11 is 0. The van der Waals surface area contributed by atoms with Crippen LogP contribution in [-0.2, 0) is 54.3 Å². The quantitative estimate of drug-likeness (QED) is 0.0257. The molecule has 9 amide bonds. The van der Waals surface area contributed by atoms with Gasteiger partial charge in [-0.3, -0.25) is 38.7 Å². The van der Waals surface area contributed by atoms with E-state index in [-0.39, 0.29) is 121 Å². The number of nitrogen functional groups attached to an aromatic ring is 1. The lowest BCUT2D eigenvalue weighted by Crippen LogP contribution is -2.54. The van der Waals surface area contributed by atoms with Crippen LogP contribution in [0.3, 0.4) is 0 Å². The monoisotopic (exact) mass is 1170 g/mol. The average molecular weight is 1170 g/mol. The molecule has 2 atom stereocenters. The first-order valence-corrected chi connectivity index (χ1v) is 27.3. The van der Waals surface area contributed by atoms with Gasteiger partial charge in [0.15, 0.2) is 11.5 Å². The number of carbonyl (C=O) groups excluding carboxylic acids is 8. The summed E-state index contributed by atoms with van der Waals surface area (Å²) in [7, 11) is 1.87. The molecule has 28 nitrogen and oxygen atoms in total. The lowest BCUT2D eigenvalue weighted by Gasteiger charge is -2.25. The molecule has 2 aliphatic heterocycles. The van der Waals surface area contributed by atoms with Crippen molar-refractivity contribution in [1.29, 1.82) is 0 Å². The number of ether oxygens (including phenoxy) is 7. The lowest BCUT2D eigenvalue weighted by molar-refractivity contribution is -0.137.